The van der Waals surface area contributed by atoms with Crippen LogP contribution in [0.2, 0.25) is 0 Å². The molecule has 0 bridgehead atoms. The second-order valence-corrected chi connectivity index (χ2v) is 6.61. The number of alkyl carbamates (subject to hydrolysis) is 1. The van der Waals surface area contributed by atoms with Crippen LogP contribution >= 0.6 is 0 Å². The fraction of sp³-hybridized carbons (Fsp3) is 0.182. The number of fused-ring (bicyclic) bond motifs is 3. The molecule has 0 radical (unpaired) electrons. The van der Waals surface area contributed by atoms with Gasteiger partial charge in [0.2, 0.25) is 0 Å². The number of carboxylic acid groups (broad SMARTS) is 1. The van der Waals surface area contributed by atoms with E-state index >= 15 is 0 Å². The van der Waals surface area contributed by atoms with Gasteiger partial charge in [0.1, 0.15) is 12.4 Å². The van der Waals surface area contributed by atoms with Crippen molar-refractivity contribution in [1.29, 1.82) is 0 Å². The number of rotatable bonds is 6. The molecule has 0 aliphatic heterocycles. The fourth-order valence-electron chi connectivity index (χ4n) is 3.66. The Hall–Kier alpha value is -3.54. The van der Waals surface area contributed by atoms with Crippen molar-refractivity contribution in [2.24, 2.45) is 0 Å². The lowest BCUT2D eigenvalue weighted by Gasteiger charge is -2.19. The predicted molar refractivity (Wildman–Crippen MR) is 99.3 cm³/mol. The Morgan fingerprint density at radius 2 is 1.64 bits per heavy atom. The zero-order valence-electron chi connectivity index (χ0n) is 15.0. The molecule has 6 nitrogen and oxygen atoms in total. The van der Waals surface area contributed by atoms with Crippen LogP contribution in [0.5, 0.6) is 0 Å². The first kappa shape index (κ1) is 17.9. The smallest absolute Gasteiger partial charge is 0.407 e. The SMILES string of the molecule is O=C([O-])C[C@H](NC(=O)OCC1c2ccccc2-c2ccccc21)c1ccco1. The minimum atomic E-state index is -1.29. The molecule has 1 atom stereocenters. The van der Waals surface area contributed by atoms with E-state index in [0.717, 1.165) is 22.3 Å². The minimum absolute atomic E-state index is 0.0682. The Balaban J connectivity index is 1.47. The van der Waals surface area contributed by atoms with Gasteiger partial charge in [-0.2, -0.15) is 0 Å². The highest BCUT2D eigenvalue weighted by Crippen LogP contribution is 2.44. The van der Waals surface area contributed by atoms with E-state index in [1.54, 1.807) is 12.1 Å². The minimum Gasteiger partial charge on any atom is -0.550 e. The second-order valence-electron chi connectivity index (χ2n) is 6.61. The molecule has 1 aromatic heterocycles. The van der Waals surface area contributed by atoms with E-state index in [1.165, 1.54) is 6.26 Å². The number of amides is 1. The zero-order valence-corrected chi connectivity index (χ0v) is 15.0. The van der Waals surface area contributed by atoms with Crippen LogP contribution in [0.15, 0.2) is 71.3 Å². The standard InChI is InChI=1S/C22H19NO5/c24-21(25)12-19(20-10-5-11-27-20)23-22(26)28-13-18-16-8-3-1-6-14(16)15-7-2-4-9-17(15)18/h1-11,18-19H,12-13H2,(H,23,26)(H,24,25)/p-1/t19-/m0/s1. The van der Waals surface area contributed by atoms with Gasteiger partial charge in [-0.3, -0.25) is 0 Å². The maximum atomic E-state index is 12.3. The summed E-state index contributed by atoms with van der Waals surface area (Å²) < 4.78 is 10.7. The van der Waals surface area contributed by atoms with Gasteiger partial charge >= 0.3 is 6.09 Å². The molecule has 1 heterocycles. The molecular formula is C22H18NO5-. The van der Waals surface area contributed by atoms with Gasteiger partial charge in [0.25, 0.3) is 0 Å². The molecule has 4 rings (SSSR count). The molecule has 6 heteroatoms. The van der Waals surface area contributed by atoms with Crippen LogP contribution in [0.1, 0.15) is 35.3 Å². The summed E-state index contributed by atoms with van der Waals surface area (Å²) in [6, 6.07) is 18.4. The van der Waals surface area contributed by atoms with Crippen molar-refractivity contribution >= 4 is 12.1 Å². The number of nitrogens with one attached hydrogen (secondary N) is 1. The fourth-order valence-corrected chi connectivity index (χ4v) is 3.66. The Labute approximate surface area is 161 Å². The van der Waals surface area contributed by atoms with E-state index in [1.807, 2.05) is 36.4 Å². The van der Waals surface area contributed by atoms with E-state index in [2.05, 4.69) is 17.4 Å². The summed E-state index contributed by atoms with van der Waals surface area (Å²) in [5.41, 5.74) is 4.48. The molecule has 0 saturated heterocycles. The van der Waals surface area contributed by atoms with Gasteiger partial charge in [-0.05, 0) is 34.4 Å². The van der Waals surface area contributed by atoms with Crippen LogP contribution in [-0.2, 0) is 9.53 Å². The van der Waals surface area contributed by atoms with Gasteiger partial charge in [0.15, 0.2) is 0 Å². The van der Waals surface area contributed by atoms with Crippen molar-refractivity contribution in [1.82, 2.24) is 5.32 Å². The summed E-state index contributed by atoms with van der Waals surface area (Å²) in [5.74, 6) is -1.03. The molecule has 1 amide bonds. The third-order valence-corrected chi connectivity index (χ3v) is 4.89. The van der Waals surface area contributed by atoms with Crippen LogP contribution in [0.25, 0.3) is 11.1 Å². The highest BCUT2D eigenvalue weighted by Gasteiger charge is 2.29. The lowest BCUT2D eigenvalue weighted by molar-refractivity contribution is -0.306. The number of carbonyl (C=O) groups is 2. The van der Waals surface area contributed by atoms with Crippen LogP contribution in [-0.4, -0.2) is 18.7 Å². The molecule has 0 spiro atoms. The first-order chi connectivity index (χ1) is 13.6. The van der Waals surface area contributed by atoms with E-state index in [4.69, 9.17) is 9.15 Å². The number of carboxylic acids is 1. The van der Waals surface area contributed by atoms with Crippen LogP contribution in [0, 0.1) is 0 Å². The van der Waals surface area contributed by atoms with Crippen LogP contribution in [0.4, 0.5) is 4.79 Å². The van der Waals surface area contributed by atoms with Gasteiger partial charge < -0.3 is 24.4 Å². The number of carbonyl (C=O) groups excluding carboxylic acids is 2. The maximum Gasteiger partial charge on any atom is 0.407 e. The van der Waals surface area contributed by atoms with Crippen LogP contribution < -0.4 is 10.4 Å². The summed E-state index contributed by atoms with van der Waals surface area (Å²) in [4.78, 5) is 23.3. The average molecular weight is 376 g/mol. The highest BCUT2D eigenvalue weighted by molar-refractivity contribution is 5.79. The predicted octanol–water partition coefficient (Wildman–Crippen LogP) is 3.00. The van der Waals surface area contributed by atoms with E-state index < -0.39 is 24.5 Å². The Kier molecular flexibility index (Phi) is 4.85. The molecule has 0 fully saturated rings. The number of benzene rings is 2. The normalized spacial score (nSPS) is 13.4. The lowest BCUT2D eigenvalue weighted by Crippen LogP contribution is -2.34. The quantitative estimate of drug-likeness (QED) is 0.714. The van der Waals surface area contributed by atoms with Gasteiger partial charge in [-0.25, -0.2) is 4.79 Å². The van der Waals surface area contributed by atoms with E-state index in [-0.39, 0.29) is 12.5 Å². The Morgan fingerprint density at radius 1 is 1.00 bits per heavy atom. The first-order valence-electron chi connectivity index (χ1n) is 8.98. The van der Waals surface area contributed by atoms with Gasteiger partial charge in [-0.15, -0.1) is 0 Å². The third-order valence-electron chi connectivity index (χ3n) is 4.89. The van der Waals surface area contributed by atoms with Gasteiger partial charge in [0.05, 0.1) is 12.3 Å². The third kappa shape index (κ3) is 3.49. The summed E-state index contributed by atoms with van der Waals surface area (Å²) in [6.07, 6.45) is 0.305. The average Bonchev–Trinajstić information content (AvgIpc) is 3.32. The van der Waals surface area contributed by atoms with Crippen molar-refractivity contribution in [3.63, 3.8) is 0 Å². The molecule has 0 saturated carbocycles. The molecule has 142 valence electrons. The van der Waals surface area contributed by atoms with Crippen LogP contribution in [0.3, 0.4) is 0 Å². The summed E-state index contributed by atoms with van der Waals surface area (Å²) in [6.45, 7) is 0.149. The zero-order chi connectivity index (χ0) is 19.5. The van der Waals surface area contributed by atoms with Crippen molar-refractivity contribution in [3.8, 4) is 11.1 Å². The first-order valence-corrected chi connectivity index (χ1v) is 8.98. The molecule has 2 aromatic carbocycles. The number of ether oxygens (including phenoxy) is 1. The molecule has 28 heavy (non-hydrogen) atoms. The summed E-state index contributed by atoms with van der Waals surface area (Å²) in [5, 5.41) is 13.5. The lowest BCUT2D eigenvalue weighted by atomic mass is 9.98. The van der Waals surface area contributed by atoms with E-state index in [9.17, 15) is 14.7 Å². The Bertz CT molecular complexity index is 950. The molecular weight excluding hydrogens is 358 g/mol. The number of hydrogen-bond acceptors (Lipinski definition) is 5. The largest absolute Gasteiger partial charge is 0.550 e. The maximum absolute atomic E-state index is 12.3. The molecule has 1 aliphatic carbocycles. The summed E-state index contributed by atoms with van der Waals surface area (Å²) >= 11 is 0. The molecule has 0 unspecified atom stereocenters. The second kappa shape index (κ2) is 7.60. The topological polar surface area (TPSA) is 91.6 Å². The monoisotopic (exact) mass is 376 g/mol. The number of hydrogen-bond donors (Lipinski definition) is 1. The summed E-state index contributed by atoms with van der Waals surface area (Å²) in [7, 11) is 0. The van der Waals surface area contributed by atoms with Crippen molar-refractivity contribution in [3.05, 3.63) is 83.8 Å². The van der Waals surface area contributed by atoms with Gasteiger partial charge in [0, 0.05) is 18.3 Å². The molecule has 1 N–H and O–H groups in total. The van der Waals surface area contributed by atoms with Gasteiger partial charge in [-0.1, -0.05) is 48.5 Å². The molecule has 1 aliphatic rings. The Morgan fingerprint density at radius 3 is 2.21 bits per heavy atom. The number of aliphatic carboxylic acids is 1. The van der Waals surface area contributed by atoms with E-state index in [0.29, 0.717) is 5.76 Å². The van der Waals surface area contributed by atoms with Crippen molar-refractivity contribution < 1.29 is 23.8 Å². The number of furan rings is 1. The van der Waals surface area contributed by atoms with Crippen molar-refractivity contribution in [2.75, 3.05) is 6.61 Å². The highest BCUT2D eigenvalue weighted by atomic mass is 16.5. The molecule has 3 aromatic rings. The van der Waals surface area contributed by atoms with Crippen molar-refractivity contribution in [2.45, 2.75) is 18.4 Å².